The highest BCUT2D eigenvalue weighted by molar-refractivity contribution is 5.91. The highest BCUT2D eigenvalue weighted by Gasteiger charge is 2.35. The third kappa shape index (κ3) is 4.44. The van der Waals surface area contributed by atoms with Gasteiger partial charge in [0.2, 0.25) is 5.91 Å². The van der Waals surface area contributed by atoms with Crippen molar-refractivity contribution in [3.63, 3.8) is 0 Å². The summed E-state index contributed by atoms with van der Waals surface area (Å²) in [4.78, 5) is 27.4. The zero-order chi connectivity index (χ0) is 22.7. The van der Waals surface area contributed by atoms with Crippen LogP contribution in [0.15, 0.2) is 36.4 Å². The van der Waals surface area contributed by atoms with Crippen LogP contribution in [-0.4, -0.2) is 51.3 Å². The van der Waals surface area contributed by atoms with Gasteiger partial charge < -0.3 is 29.7 Å². The SMILES string of the molecule is COc1ccccc1NC(=O)N1CCc2cc(OC)c(OC)cc2C1CNC(=O)C1CC1. The number of fused-ring (bicyclic) bond motifs is 1. The van der Waals surface area contributed by atoms with Gasteiger partial charge in [-0.05, 0) is 54.7 Å². The van der Waals surface area contributed by atoms with Gasteiger partial charge in [-0.15, -0.1) is 0 Å². The van der Waals surface area contributed by atoms with Crippen LogP contribution in [0.5, 0.6) is 17.2 Å². The Kier molecular flexibility index (Phi) is 6.39. The summed E-state index contributed by atoms with van der Waals surface area (Å²) in [5.74, 6) is 1.97. The second kappa shape index (κ2) is 9.38. The normalized spacial score (nSPS) is 17.2. The number of rotatable bonds is 7. The molecule has 3 amide bonds. The number of urea groups is 1. The van der Waals surface area contributed by atoms with Crippen molar-refractivity contribution in [3.8, 4) is 17.2 Å². The molecule has 1 aliphatic heterocycles. The molecule has 0 radical (unpaired) electrons. The van der Waals surface area contributed by atoms with Crippen LogP contribution in [0.3, 0.4) is 0 Å². The zero-order valence-corrected chi connectivity index (χ0v) is 18.6. The maximum absolute atomic E-state index is 13.3. The van der Waals surface area contributed by atoms with Gasteiger partial charge in [0.25, 0.3) is 0 Å². The summed E-state index contributed by atoms with van der Waals surface area (Å²) in [5.41, 5.74) is 2.62. The number of carbonyl (C=O) groups excluding carboxylic acids is 2. The average Bonchev–Trinajstić information content (AvgIpc) is 3.67. The zero-order valence-electron chi connectivity index (χ0n) is 18.6. The van der Waals surface area contributed by atoms with Crippen LogP contribution in [0.2, 0.25) is 0 Å². The molecule has 1 heterocycles. The molecule has 1 aliphatic carbocycles. The third-order valence-electron chi connectivity index (χ3n) is 6.03. The van der Waals surface area contributed by atoms with Crippen molar-refractivity contribution in [2.75, 3.05) is 39.7 Å². The molecule has 2 N–H and O–H groups in total. The van der Waals surface area contributed by atoms with Gasteiger partial charge in [0, 0.05) is 19.0 Å². The second-order valence-corrected chi connectivity index (χ2v) is 8.02. The highest BCUT2D eigenvalue weighted by atomic mass is 16.5. The smallest absolute Gasteiger partial charge is 0.322 e. The lowest BCUT2D eigenvalue weighted by Gasteiger charge is -2.38. The van der Waals surface area contributed by atoms with Crippen LogP contribution in [0.25, 0.3) is 0 Å². The Hall–Kier alpha value is -3.42. The molecule has 0 saturated heterocycles. The van der Waals surface area contributed by atoms with E-state index in [-0.39, 0.29) is 23.9 Å². The second-order valence-electron chi connectivity index (χ2n) is 8.02. The molecule has 8 heteroatoms. The number of methoxy groups -OCH3 is 3. The van der Waals surface area contributed by atoms with E-state index in [2.05, 4.69) is 10.6 Å². The monoisotopic (exact) mass is 439 g/mol. The van der Waals surface area contributed by atoms with Gasteiger partial charge in [-0.3, -0.25) is 4.79 Å². The number of hydrogen-bond donors (Lipinski definition) is 2. The maximum Gasteiger partial charge on any atom is 0.322 e. The first-order chi connectivity index (χ1) is 15.5. The number of benzene rings is 2. The summed E-state index contributed by atoms with van der Waals surface area (Å²) in [6.07, 6.45) is 2.52. The molecule has 2 aromatic carbocycles. The van der Waals surface area contributed by atoms with Crippen molar-refractivity contribution in [3.05, 3.63) is 47.5 Å². The van der Waals surface area contributed by atoms with Crippen molar-refractivity contribution in [1.29, 1.82) is 0 Å². The number of nitrogens with zero attached hydrogens (tertiary/aromatic N) is 1. The van der Waals surface area contributed by atoms with Gasteiger partial charge >= 0.3 is 6.03 Å². The summed E-state index contributed by atoms with van der Waals surface area (Å²) >= 11 is 0. The van der Waals surface area contributed by atoms with Crippen LogP contribution in [0.1, 0.15) is 30.0 Å². The lowest BCUT2D eigenvalue weighted by molar-refractivity contribution is -0.122. The lowest BCUT2D eigenvalue weighted by Crippen LogP contribution is -2.47. The quantitative estimate of drug-likeness (QED) is 0.691. The number of amides is 3. The van der Waals surface area contributed by atoms with Crippen LogP contribution < -0.4 is 24.8 Å². The summed E-state index contributed by atoms with van der Waals surface area (Å²) in [6, 6.07) is 10.6. The summed E-state index contributed by atoms with van der Waals surface area (Å²) in [6.45, 7) is 0.838. The number of hydrogen-bond acceptors (Lipinski definition) is 5. The van der Waals surface area contributed by atoms with Crippen LogP contribution in [0, 0.1) is 5.92 Å². The number of para-hydroxylation sites is 2. The fourth-order valence-corrected chi connectivity index (χ4v) is 4.11. The predicted molar refractivity (Wildman–Crippen MR) is 120 cm³/mol. The molecule has 4 rings (SSSR count). The minimum absolute atomic E-state index is 0.0442. The van der Waals surface area contributed by atoms with E-state index >= 15 is 0 Å². The van der Waals surface area contributed by atoms with Crippen molar-refractivity contribution < 1.29 is 23.8 Å². The van der Waals surface area contributed by atoms with Gasteiger partial charge in [0.05, 0.1) is 33.1 Å². The summed E-state index contributed by atoms with van der Waals surface area (Å²) in [5, 5.41) is 5.99. The van der Waals surface area contributed by atoms with Crippen molar-refractivity contribution >= 4 is 17.6 Å². The standard InChI is InChI=1S/C24H29N3O5/c1-30-20-7-5-4-6-18(20)26-24(29)27-11-10-16-12-21(31-2)22(32-3)13-17(16)19(27)14-25-23(28)15-8-9-15/h4-7,12-13,15,19H,8-11,14H2,1-3H3,(H,25,28)(H,26,29). The first-order valence-electron chi connectivity index (χ1n) is 10.8. The van der Waals surface area contributed by atoms with E-state index in [9.17, 15) is 9.59 Å². The van der Waals surface area contributed by atoms with E-state index in [1.165, 1.54) is 0 Å². The number of nitrogens with one attached hydrogen (secondary N) is 2. The van der Waals surface area contributed by atoms with E-state index in [0.717, 1.165) is 24.0 Å². The van der Waals surface area contributed by atoms with E-state index in [4.69, 9.17) is 14.2 Å². The molecule has 0 bridgehead atoms. The molecular weight excluding hydrogens is 410 g/mol. The Morgan fingerprint density at radius 3 is 2.38 bits per heavy atom. The van der Waals surface area contributed by atoms with Gasteiger partial charge in [0.15, 0.2) is 11.5 Å². The van der Waals surface area contributed by atoms with E-state index in [0.29, 0.717) is 42.4 Å². The maximum atomic E-state index is 13.3. The fourth-order valence-electron chi connectivity index (χ4n) is 4.11. The van der Waals surface area contributed by atoms with E-state index in [1.54, 1.807) is 38.4 Å². The number of carbonyl (C=O) groups is 2. The Morgan fingerprint density at radius 1 is 1.00 bits per heavy atom. The topological polar surface area (TPSA) is 89.1 Å². The Labute approximate surface area is 187 Å². The number of ether oxygens (including phenoxy) is 3. The Balaban J connectivity index is 1.63. The molecule has 1 unspecified atom stereocenters. The molecule has 170 valence electrons. The number of anilines is 1. The molecule has 0 spiro atoms. The molecule has 8 nitrogen and oxygen atoms in total. The van der Waals surface area contributed by atoms with Gasteiger partial charge in [-0.1, -0.05) is 12.1 Å². The predicted octanol–water partition coefficient (Wildman–Crippen LogP) is 3.37. The fraction of sp³-hybridized carbons (Fsp3) is 0.417. The average molecular weight is 440 g/mol. The first kappa shape index (κ1) is 21.8. The first-order valence-corrected chi connectivity index (χ1v) is 10.8. The van der Waals surface area contributed by atoms with Crippen LogP contribution in [-0.2, 0) is 11.2 Å². The summed E-state index contributed by atoms with van der Waals surface area (Å²) in [7, 11) is 4.76. The largest absolute Gasteiger partial charge is 0.495 e. The van der Waals surface area contributed by atoms with Gasteiger partial charge in [-0.2, -0.15) is 0 Å². The minimum atomic E-state index is -0.337. The molecular formula is C24H29N3O5. The summed E-state index contributed by atoms with van der Waals surface area (Å²) < 4.78 is 16.3. The molecule has 1 fully saturated rings. The highest BCUT2D eigenvalue weighted by Crippen LogP contribution is 2.38. The van der Waals surface area contributed by atoms with Gasteiger partial charge in [0.1, 0.15) is 5.75 Å². The Bertz CT molecular complexity index is 1010. The van der Waals surface area contributed by atoms with Crippen LogP contribution in [0.4, 0.5) is 10.5 Å². The molecule has 1 atom stereocenters. The van der Waals surface area contributed by atoms with Crippen LogP contribution >= 0.6 is 0 Å². The molecule has 2 aliphatic rings. The van der Waals surface area contributed by atoms with Crippen molar-refractivity contribution in [2.24, 2.45) is 5.92 Å². The molecule has 32 heavy (non-hydrogen) atoms. The minimum Gasteiger partial charge on any atom is -0.495 e. The van der Waals surface area contributed by atoms with Crippen molar-refractivity contribution in [2.45, 2.75) is 25.3 Å². The molecule has 0 aromatic heterocycles. The van der Waals surface area contributed by atoms with E-state index < -0.39 is 0 Å². The third-order valence-corrected chi connectivity index (χ3v) is 6.03. The van der Waals surface area contributed by atoms with Gasteiger partial charge in [-0.25, -0.2) is 4.79 Å². The van der Waals surface area contributed by atoms with E-state index in [1.807, 2.05) is 24.3 Å². The molecule has 2 aromatic rings. The molecule has 1 saturated carbocycles. The van der Waals surface area contributed by atoms with Crippen molar-refractivity contribution in [1.82, 2.24) is 10.2 Å². The lowest BCUT2D eigenvalue weighted by atomic mass is 9.91. The Morgan fingerprint density at radius 2 is 1.69 bits per heavy atom.